The molecule has 2 atom stereocenters. The van der Waals surface area contributed by atoms with E-state index in [4.69, 9.17) is 9.63 Å². The van der Waals surface area contributed by atoms with E-state index in [-0.39, 0.29) is 24.2 Å². The molecular formula is C24H29FNO5P. The number of aliphatic hydroxyl groups excluding tert-OH is 1. The fourth-order valence-electron chi connectivity index (χ4n) is 4.21. The Labute approximate surface area is 187 Å². The predicted molar refractivity (Wildman–Crippen MR) is 124 cm³/mol. The molecule has 0 saturated carbocycles. The smallest absolute Gasteiger partial charge is 0.305 e. The van der Waals surface area contributed by atoms with Crippen LogP contribution >= 0.6 is 7.37 Å². The fourth-order valence-corrected chi connectivity index (χ4v) is 6.05. The van der Waals surface area contributed by atoms with E-state index in [1.54, 1.807) is 12.1 Å². The average molecular weight is 461 g/mol. The molecule has 1 heterocycles. The Kier molecular flexibility index (Phi) is 7.55. The van der Waals surface area contributed by atoms with E-state index in [1.165, 1.54) is 19.2 Å². The Morgan fingerprint density at radius 1 is 1.16 bits per heavy atom. The van der Waals surface area contributed by atoms with Crippen molar-refractivity contribution < 1.29 is 28.5 Å². The number of fused-ring (bicyclic) bond motifs is 1. The van der Waals surface area contributed by atoms with E-state index in [9.17, 15) is 18.9 Å². The highest BCUT2D eigenvalue weighted by atomic mass is 31.2. The monoisotopic (exact) mass is 461 g/mol. The van der Waals surface area contributed by atoms with Crippen LogP contribution in [-0.4, -0.2) is 46.3 Å². The SMILES string of the molecule is COP(=O)(CCc1c(-c2ccc(F)cc2)c2ccccc2n1C(C)C)C[C@@H](O)CC(=O)O. The van der Waals surface area contributed by atoms with Gasteiger partial charge in [-0.25, -0.2) is 4.39 Å². The summed E-state index contributed by atoms with van der Waals surface area (Å²) in [6.07, 6.45) is -1.41. The second kappa shape index (κ2) is 9.99. The number of para-hydroxylation sites is 1. The first-order valence-corrected chi connectivity index (χ1v) is 12.6. The van der Waals surface area contributed by atoms with Gasteiger partial charge in [-0.3, -0.25) is 9.36 Å². The van der Waals surface area contributed by atoms with Crippen molar-refractivity contribution in [2.45, 2.75) is 38.8 Å². The van der Waals surface area contributed by atoms with E-state index >= 15 is 0 Å². The summed E-state index contributed by atoms with van der Waals surface area (Å²) in [7, 11) is -1.95. The molecule has 0 aliphatic heterocycles. The summed E-state index contributed by atoms with van der Waals surface area (Å²) < 4.78 is 34.4. The maximum Gasteiger partial charge on any atom is 0.305 e. The topological polar surface area (TPSA) is 88.8 Å². The number of hydrogen-bond acceptors (Lipinski definition) is 4. The summed E-state index contributed by atoms with van der Waals surface area (Å²) in [5.74, 6) is -1.47. The molecule has 1 aromatic heterocycles. The van der Waals surface area contributed by atoms with Crippen LogP contribution in [0.25, 0.3) is 22.0 Å². The molecular weight excluding hydrogens is 432 g/mol. The predicted octanol–water partition coefficient (Wildman–Crippen LogP) is 5.33. The number of nitrogens with zero attached hydrogens (tertiary/aromatic N) is 1. The normalized spacial score (nSPS) is 14.6. The highest BCUT2D eigenvalue weighted by Gasteiger charge is 2.29. The van der Waals surface area contributed by atoms with Gasteiger partial charge in [0.25, 0.3) is 0 Å². The van der Waals surface area contributed by atoms with Crippen LogP contribution in [0.5, 0.6) is 0 Å². The standard InChI is InChI=1S/C24H29FNO5P/c1-16(2)26-21-7-5-4-6-20(21)24(17-8-10-18(25)11-9-17)22(26)12-13-32(30,31-3)15-19(27)14-23(28)29/h4-11,16,19,27H,12-15H2,1-3H3,(H,28,29)/t19-,32?/m0/s1. The molecule has 3 rings (SSSR count). The molecule has 2 aromatic carbocycles. The second-order valence-electron chi connectivity index (χ2n) is 8.21. The third-order valence-corrected chi connectivity index (χ3v) is 8.13. The number of carboxylic acids is 1. The van der Waals surface area contributed by atoms with Crippen molar-refractivity contribution in [3.05, 3.63) is 60.0 Å². The number of rotatable bonds is 10. The minimum absolute atomic E-state index is 0.114. The van der Waals surface area contributed by atoms with Gasteiger partial charge in [-0.1, -0.05) is 30.3 Å². The summed E-state index contributed by atoms with van der Waals surface area (Å²) in [5, 5.41) is 19.9. The maximum absolute atomic E-state index is 13.6. The van der Waals surface area contributed by atoms with Crippen molar-refractivity contribution in [2.24, 2.45) is 0 Å². The zero-order valence-electron chi connectivity index (χ0n) is 18.5. The summed E-state index contributed by atoms with van der Waals surface area (Å²) in [6, 6.07) is 14.4. The third-order valence-electron chi connectivity index (χ3n) is 5.58. The zero-order chi connectivity index (χ0) is 23.5. The molecule has 32 heavy (non-hydrogen) atoms. The van der Waals surface area contributed by atoms with Gasteiger partial charge >= 0.3 is 5.97 Å². The number of aromatic nitrogens is 1. The summed E-state index contributed by atoms with van der Waals surface area (Å²) in [6.45, 7) is 4.13. The molecule has 172 valence electrons. The Morgan fingerprint density at radius 3 is 2.41 bits per heavy atom. The van der Waals surface area contributed by atoms with Crippen LogP contribution in [0.3, 0.4) is 0 Å². The minimum Gasteiger partial charge on any atom is -0.481 e. The van der Waals surface area contributed by atoms with Gasteiger partial charge < -0.3 is 19.3 Å². The van der Waals surface area contributed by atoms with Crippen molar-refractivity contribution in [1.82, 2.24) is 4.57 Å². The average Bonchev–Trinajstić information content (AvgIpc) is 3.06. The van der Waals surface area contributed by atoms with Crippen LogP contribution in [-0.2, 0) is 20.3 Å². The molecule has 0 fully saturated rings. The number of aliphatic carboxylic acids is 1. The number of aliphatic hydroxyl groups is 1. The zero-order valence-corrected chi connectivity index (χ0v) is 19.4. The first kappa shape index (κ1) is 24.2. The molecule has 6 nitrogen and oxygen atoms in total. The van der Waals surface area contributed by atoms with Crippen molar-refractivity contribution in [1.29, 1.82) is 0 Å². The van der Waals surface area contributed by atoms with Gasteiger partial charge in [0, 0.05) is 41.5 Å². The molecule has 8 heteroatoms. The molecule has 3 aromatic rings. The van der Waals surface area contributed by atoms with E-state index in [2.05, 4.69) is 18.4 Å². The van der Waals surface area contributed by atoms with Gasteiger partial charge in [0.15, 0.2) is 0 Å². The van der Waals surface area contributed by atoms with Crippen LogP contribution in [0.15, 0.2) is 48.5 Å². The van der Waals surface area contributed by atoms with Gasteiger partial charge in [-0.05, 0) is 44.0 Å². The number of benzene rings is 2. The lowest BCUT2D eigenvalue weighted by Crippen LogP contribution is -2.19. The van der Waals surface area contributed by atoms with Crippen molar-refractivity contribution >= 4 is 24.2 Å². The van der Waals surface area contributed by atoms with E-state index in [0.717, 1.165) is 27.7 Å². The quantitative estimate of drug-likeness (QED) is 0.399. The van der Waals surface area contributed by atoms with Crippen molar-refractivity contribution in [3.8, 4) is 11.1 Å². The molecule has 0 bridgehead atoms. The van der Waals surface area contributed by atoms with Gasteiger partial charge in [-0.15, -0.1) is 0 Å². The lowest BCUT2D eigenvalue weighted by Gasteiger charge is -2.21. The second-order valence-corrected chi connectivity index (χ2v) is 11.0. The van der Waals surface area contributed by atoms with E-state index in [1.807, 2.05) is 24.3 Å². The first-order chi connectivity index (χ1) is 15.1. The lowest BCUT2D eigenvalue weighted by atomic mass is 10.0. The lowest BCUT2D eigenvalue weighted by molar-refractivity contribution is -0.138. The van der Waals surface area contributed by atoms with Crippen LogP contribution in [0.2, 0.25) is 0 Å². The number of carbonyl (C=O) groups is 1. The van der Waals surface area contributed by atoms with Gasteiger partial charge in [0.1, 0.15) is 5.82 Å². The fraction of sp³-hybridized carbons (Fsp3) is 0.375. The van der Waals surface area contributed by atoms with Crippen molar-refractivity contribution in [2.75, 3.05) is 19.4 Å². The molecule has 0 aliphatic carbocycles. The van der Waals surface area contributed by atoms with E-state index < -0.39 is 25.9 Å². The Hall–Kier alpha value is -2.47. The molecule has 0 spiro atoms. The Balaban J connectivity index is 2.05. The third kappa shape index (κ3) is 5.29. The Morgan fingerprint density at radius 2 is 1.81 bits per heavy atom. The van der Waals surface area contributed by atoms with E-state index in [0.29, 0.717) is 6.42 Å². The van der Waals surface area contributed by atoms with Crippen LogP contribution < -0.4 is 0 Å². The van der Waals surface area contributed by atoms with Crippen LogP contribution in [0.4, 0.5) is 4.39 Å². The number of carboxylic acid groups (broad SMARTS) is 1. The molecule has 0 radical (unpaired) electrons. The van der Waals surface area contributed by atoms with Crippen molar-refractivity contribution in [3.63, 3.8) is 0 Å². The van der Waals surface area contributed by atoms with Gasteiger partial charge in [-0.2, -0.15) is 0 Å². The first-order valence-electron chi connectivity index (χ1n) is 10.6. The molecule has 1 unspecified atom stereocenters. The Bertz CT molecular complexity index is 1140. The molecule has 0 saturated heterocycles. The maximum atomic E-state index is 13.6. The molecule has 0 aliphatic rings. The van der Waals surface area contributed by atoms with Gasteiger partial charge in [0.2, 0.25) is 7.37 Å². The van der Waals surface area contributed by atoms with Gasteiger partial charge in [0.05, 0.1) is 18.7 Å². The molecule has 0 amide bonds. The summed E-state index contributed by atoms with van der Waals surface area (Å²) >= 11 is 0. The minimum atomic E-state index is -3.28. The summed E-state index contributed by atoms with van der Waals surface area (Å²) in [5.41, 5.74) is 3.77. The number of halogens is 1. The summed E-state index contributed by atoms with van der Waals surface area (Å²) in [4.78, 5) is 10.9. The van der Waals surface area contributed by atoms with Crippen LogP contribution in [0.1, 0.15) is 32.0 Å². The van der Waals surface area contributed by atoms with Crippen LogP contribution in [0, 0.1) is 5.82 Å². The highest BCUT2D eigenvalue weighted by Crippen LogP contribution is 2.48. The molecule has 2 N–H and O–H groups in total. The number of hydrogen-bond donors (Lipinski definition) is 2. The largest absolute Gasteiger partial charge is 0.481 e. The highest BCUT2D eigenvalue weighted by molar-refractivity contribution is 7.59.